The Kier molecular flexibility index (Phi) is 4.55. The molecular weight excluding hydrogens is 230 g/mol. The summed E-state index contributed by atoms with van der Waals surface area (Å²) >= 11 is 1.79. The Morgan fingerprint density at radius 2 is 1.88 bits per heavy atom. The zero-order valence-electron chi connectivity index (χ0n) is 12.1. The van der Waals surface area contributed by atoms with Gasteiger partial charge < -0.3 is 10.2 Å². The number of hydrogen-bond acceptors (Lipinski definition) is 4. The molecule has 0 fully saturated rings. The molecule has 1 N–H and O–H groups in total. The summed E-state index contributed by atoms with van der Waals surface area (Å²) in [6.07, 6.45) is 0. The Labute approximate surface area is 109 Å². The van der Waals surface area contributed by atoms with E-state index in [1.165, 1.54) is 10.6 Å². The number of aromatic nitrogens is 1. The molecule has 0 amide bonds. The van der Waals surface area contributed by atoms with Crippen LogP contribution in [-0.2, 0) is 6.54 Å². The van der Waals surface area contributed by atoms with Crippen molar-refractivity contribution in [3.05, 3.63) is 10.6 Å². The number of anilines is 1. The van der Waals surface area contributed by atoms with Crippen molar-refractivity contribution in [3.63, 3.8) is 0 Å². The third kappa shape index (κ3) is 4.28. The summed E-state index contributed by atoms with van der Waals surface area (Å²) in [4.78, 5) is 8.15. The van der Waals surface area contributed by atoms with Crippen LogP contribution in [-0.4, -0.2) is 24.6 Å². The van der Waals surface area contributed by atoms with Crippen molar-refractivity contribution in [1.29, 1.82) is 0 Å². The molecule has 0 radical (unpaired) electrons. The lowest BCUT2D eigenvalue weighted by atomic mass is 10.1. The molecule has 1 heterocycles. The maximum absolute atomic E-state index is 4.71. The van der Waals surface area contributed by atoms with Crippen LogP contribution in [0.3, 0.4) is 0 Å². The van der Waals surface area contributed by atoms with E-state index in [-0.39, 0.29) is 5.54 Å². The molecule has 0 bridgehead atoms. The monoisotopic (exact) mass is 255 g/mol. The van der Waals surface area contributed by atoms with E-state index < -0.39 is 0 Å². The van der Waals surface area contributed by atoms with E-state index in [4.69, 9.17) is 4.98 Å². The van der Waals surface area contributed by atoms with Gasteiger partial charge in [0, 0.05) is 31.1 Å². The fourth-order valence-electron chi connectivity index (χ4n) is 1.47. The van der Waals surface area contributed by atoms with Gasteiger partial charge in [0.1, 0.15) is 0 Å². The van der Waals surface area contributed by atoms with Crippen molar-refractivity contribution in [1.82, 2.24) is 10.3 Å². The highest BCUT2D eigenvalue weighted by Gasteiger charge is 2.17. The molecule has 4 heteroatoms. The molecule has 1 aromatic heterocycles. The topological polar surface area (TPSA) is 28.2 Å². The molecule has 0 unspecified atom stereocenters. The third-order valence-electron chi connectivity index (χ3n) is 2.42. The molecule has 0 saturated heterocycles. The Morgan fingerprint density at radius 3 is 2.29 bits per heavy atom. The van der Waals surface area contributed by atoms with Gasteiger partial charge in [0.25, 0.3) is 0 Å². The van der Waals surface area contributed by atoms with Crippen LogP contribution < -0.4 is 10.2 Å². The third-order valence-corrected chi connectivity index (χ3v) is 3.66. The zero-order valence-corrected chi connectivity index (χ0v) is 12.9. The summed E-state index contributed by atoms with van der Waals surface area (Å²) in [5.74, 6) is 0.483. The first-order valence-corrected chi connectivity index (χ1v) is 6.94. The Morgan fingerprint density at radius 1 is 1.29 bits per heavy atom. The zero-order chi connectivity index (χ0) is 13.2. The van der Waals surface area contributed by atoms with Crippen LogP contribution in [0.2, 0.25) is 0 Å². The van der Waals surface area contributed by atoms with Crippen LogP contribution >= 0.6 is 11.3 Å². The van der Waals surface area contributed by atoms with Crippen molar-refractivity contribution in [2.75, 3.05) is 19.0 Å². The van der Waals surface area contributed by atoms with E-state index in [0.29, 0.717) is 5.92 Å². The standard InChI is InChI=1S/C13H25N3S/c1-9(2)11-10(8-14-13(3,4)5)17-12(15-11)16(6)7/h9,14H,8H2,1-7H3. The second-order valence-corrected chi connectivity index (χ2v) is 7.02. The first-order valence-electron chi connectivity index (χ1n) is 6.12. The van der Waals surface area contributed by atoms with Crippen LogP contribution in [0.25, 0.3) is 0 Å². The Hall–Kier alpha value is -0.610. The minimum atomic E-state index is 0.149. The molecule has 0 atom stereocenters. The summed E-state index contributed by atoms with van der Waals surface area (Å²) in [5, 5.41) is 4.63. The lowest BCUT2D eigenvalue weighted by Gasteiger charge is -2.20. The molecule has 0 saturated carbocycles. The van der Waals surface area contributed by atoms with E-state index in [9.17, 15) is 0 Å². The predicted octanol–water partition coefficient (Wildman–Crippen LogP) is 3.22. The van der Waals surface area contributed by atoms with Gasteiger partial charge in [0.15, 0.2) is 5.13 Å². The van der Waals surface area contributed by atoms with Crippen molar-refractivity contribution in [3.8, 4) is 0 Å². The average Bonchev–Trinajstić information content (AvgIpc) is 2.57. The summed E-state index contributed by atoms with van der Waals surface area (Å²) in [7, 11) is 4.09. The van der Waals surface area contributed by atoms with Gasteiger partial charge in [-0.2, -0.15) is 0 Å². The van der Waals surface area contributed by atoms with Crippen LogP contribution in [0, 0.1) is 0 Å². The van der Waals surface area contributed by atoms with Crippen LogP contribution in [0.15, 0.2) is 0 Å². The van der Waals surface area contributed by atoms with Gasteiger partial charge in [0.05, 0.1) is 5.69 Å². The summed E-state index contributed by atoms with van der Waals surface area (Å²) < 4.78 is 0. The van der Waals surface area contributed by atoms with E-state index in [1.54, 1.807) is 11.3 Å². The van der Waals surface area contributed by atoms with Crippen molar-refractivity contribution >= 4 is 16.5 Å². The molecule has 1 rings (SSSR count). The average molecular weight is 255 g/mol. The smallest absolute Gasteiger partial charge is 0.185 e. The lowest BCUT2D eigenvalue weighted by Crippen LogP contribution is -2.35. The number of nitrogens with one attached hydrogen (secondary N) is 1. The van der Waals surface area contributed by atoms with E-state index in [0.717, 1.165) is 11.7 Å². The summed E-state index contributed by atoms with van der Waals surface area (Å²) in [5.41, 5.74) is 1.38. The van der Waals surface area contributed by atoms with Gasteiger partial charge in [-0.1, -0.05) is 13.8 Å². The molecule has 1 aromatic rings. The van der Waals surface area contributed by atoms with E-state index in [2.05, 4.69) is 44.8 Å². The number of thiazole rings is 1. The van der Waals surface area contributed by atoms with Crippen LogP contribution in [0.1, 0.15) is 51.1 Å². The number of nitrogens with zero attached hydrogens (tertiary/aromatic N) is 2. The maximum atomic E-state index is 4.71. The first-order chi connectivity index (χ1) is 7.70. The van der Waals surface area contributed by atoms with Gasteiger partial charge in [-0.25, -0.2) is 4.98 Å². The highest BCUT2D eigenvalue weighted by atomic mass is 32.1. The molecular formula is C13H25N3S. The normalized spacial score (nSPS) is 12.2. The number of rotatable bonds is 4. The summed E-state index contributed by atoms with van der Waals surface area (Å²) in [6, 6.07) is 0. The summed E-state index contributed by atoms with van der Waals surface area (Å²) in [6.45, 7) is 11.9. The molecule has 17 heavy (non-hydrogen) atoms. The van der Waals surface area contributed by atoms with E-state index in [1.807, 2.05) is 14.1 Å². The van der Waals surface area contributed by atoms with E-state index >= 15 is 0 Å². The quantitative estimate of drug-likeness (QED) is 0.895. The molecule has 0 aromatic carbocycles. The van der Waals surface area contributed by atoms with Gasteiger partial charge in [-0.15, -0.1) is 11.3 Å². The predicted molar refractivity (Wildman–Crippen MR) is 77.1 cm³/mol. The van der Waals surface area contributed by atoms with Gasteiger partial charge in [0.2, 0.25) is 0 Å². The van der Waals surface area contributed by atoms with Crippen molar-refractivity contribution < 1.29 is 0 Å². The largest absolute Gasteiger partial charge is 0.354 e. The lowest BCUT2D eigenvalue weighted by molar-refractivity contribution is 0.425. The fourth-order valence-corrected chi connectivity index (χ4v) is 2.54. The second kappa shape index (κ2) is 5.36. The first kappa shape index (κ1) is 14.5. The second-order valence-electron chi connectivity index (χ2n) is 5.96. The highest BCUT2D eigenvalue weighted by Crippen LogP contribution is 2.30. The van der Waals surface area contributed by atoms with Crippen LogP contribution in [0.4, 0.5) is 5.13 Å². The Balaban J connectivity index is 2.89. The van der Waals surface area contributed by atoms with Crippen LogP contribution in [0.5, 0.6) is 0 Å². The van der Waals surface area contributed by atoms with Gasteiger partial charge in [-0.3, -0.25) is 0 Å². The molecule has 0 spiro atoms. The minimum absolute atomic E-state index is 0.149. The Bertz CT molecular complexity index is 361. The molecule has 0 aliphatic heterocycles. The highest BCUT2D eigenvalue weighted by molar-refractivity contribution is 7.15. The number of hydrogen-bond donors (Lipinski definition) is 1. The van der Waals surface area contributed by atoms with Crippen molar-refractivity contribution in [2.24, 2.45) is 0 Å². The molecule has 3 nitrogen and oxygen atoms in total. The fraction of sp³-hybridized carbons (Fsp3) is 0.769. The molecule has 98 valence electrons. The maximum Gasteiger partial charge on any atom is 0.185 e. The van der Waals surface area contributed by atoms with Gasteiger partial charge in [-0.05, 0) is 26.7 Å². The minimum Gasteiger partial charge on any atom is -0.354 e. The van der Waals surface area contributed by atoms with Gasteiger partial charge >= 0.3 is 0 Å². The SMILES string of the molecule is CC(C)c1nc(N(C)C)sc1CNC(C)(C)C. The molecule has 0 aliphatic rings. The van der Waals surface area contributed by atoms with Crippen molar-refractivity contribution in [2.45, 2.75) is 52.6 Å². The molecule has 0 aliphatic carbocycles.